The zero-order valence-electron chi connectivity index (χ0n) is 17.1. The second kappa shape index (κ2) is 8.69. The van der Waals surface area contributed by atoms with Gasteiger partial charge in [-0.15, -0.1) is 0 Å². The molecule has 3 heterocycles. The number of fused-ring (bicyclic) bond motifs is 2. The van der Waals surface area contributed by atoms with E-state index in [9.17, 15) is 8.78 Å². The van der Waals surface area contributed by atoms with Crippen LogP contribution in [0.4, 0.5) is 8.78 Å². The fourth-order valence-electron chi connectivity index (χ4n) is 4.45. The van der Waals surface area contributed by atoms with Crippen LogP contribution >= 0.6 is 0 Å². The Hall–Kier alpha value is -2.90. The molecule has 3 atom stereocenters. The SMILES string of the molecule is Fc1cc2ncccc2cc1CNC1CCC(NCc2cccn3ccnc23)CC1F. The molecule has 31 heavy (non-hydrogen) atoms. The molecule has 0 bridgehead atoms. The summed E-state index contributed by atoms with van der Waals surface area (Å²) in [6.45, 7) is 0.967. The molecule has 5 rings (SSSR count). The first-order valence-electron chi connectivity index (χ1n) is 10.7. The number of benzene rings is 1. The van der Waals surface area contributed by atoms with Crippen LogP contribution in [0.2, 0.25) is 0 Å². The minimum Gasteiger partial charge on any atom is -0.310 e. The number of pyridine rings is 2. The molecular weight excluding hydrogens is 396 g/mol. The zero-order chi connectivity index (χ0) is 21.2. The lowest BCUT2D eigenvalue weighted by molar-refractivity contribution is 0.160. The highest BCUT2D eigenvalue weighted by atomic mass is 19.1. The Morgan fingerprint density at radius 2 is 1.87 bits per heavy atom. The summed E-state index contributed by atoms with van der Waals surface area (Å²) in [6, 6.07) is 10.9. The van der Waals surface area contributed by atoms with Crippen LogP contribution in [-0.4, -0.2) is 32.6 Å². The quantitative estimate of drug-likeness (QED) is 0.491. The van der Waals surface area contributed by atoms with Crippen molar-refractivity contribution in [2.45, 2.75) is 50.6 Å². The van der Waals surface area contributed by atoms with Crippen LogP contribution in [0.5, 0.6) is 0 Å². The summed E-state index contributed by atoms with van der Waals surface area (Å²) < 4.78 is 31.2. The fourth-order valence-corrected chi connectivity index (χ4v) is 4.45. The number of alkyl halides is 1. The predicted octanol–water partition coefficient (Wildman–Crippen LogP) is 4.16. The summed E-state index contributed by atoms with van der Waals surface area (Å²) in [5.41, 5.74) is 3.20. The van der Waals surface area contributed by atoms with E-state index in [4.69, 9.17) is 0 Å². The highest BCUT2D eigenvalue weighted by Gasteiger charge is 2.30. The molecule has 7 heteroatoms. The minimum atomic E-state index is -0.973. The number of nitrogens with one attached hydrogen (secondary N) is 2. The molecule has 1 aliphatic rings. The Balaban J connectivity index is 1.16. The first-order chi connectivity index (χ1) is 15.2. The molecule has 0 saturated heterocycles. The van der Waals surface area contributed by atoms with Gasteiger partial charge in [0.05, 0.1) is 5.52 Å². The van der Waals surface area contributed by atoms with Gasteiger partial charge in [0, 0.05) is 72.5 Å². The van der Waals surface area contributed by atoms with E-state index in [1.54, 1.807) is 18.5 Å². The Bertz CT molecular complexity index is 1190. The van der Waals surface area contributed by atoms with Crippen LogP contribution in [-0.2, 0) is 13.1 Å². The van der Waals surface area contributed by atoms with E-state index in [0.717, 1.165) is 23.0 Å². The van der Waals surface area contributed by atoms with Crippen LogP contribution in [0.3, 0.4) is 0 Å². The van der Waals surface area contributed by atoms with Gasteiger partial charge >= 0.3 is 0 Å². The summed E-state index contributed by atoms with van der Waals surface area (Å²) in [5.74, 6) is -0.308. The maximum absolute atomic E-state index is 14.9. The first kappa shape index (κ1) is 20.0. The molecule has 5 nitrogen and oxygen atoms in total. The van der Waals surface area contributed by atoms with Gasteiger partial charge in [-0.2, -0.15) is 0 Å². The van der Waals surface area contributed by atoms with Gasteiger partial charge in [-0.25, -0.2) is 13.8 Å². The van der Waals surface area contributed by atoms with Crippen LogP contribution in [0.1, 0.15) is 30.4 Å². The van der Waals surface area contributed by atoms with Crippen LogP contribution < -0.4 is 10.6 Å². The van der Waals surface area contributed by atoms with E-state index in [1.165, 1.54) is 6.07 Å². The van der Waals surface area contributed by atoms with Crippen molar-refractivity contribution < 1.29 is 8.78 Å². The zero-order valence-corrected chi connectivity index (χ0v) is 17.1. The monoisotopic (exact) mass is 421 g/mol. The third-order valence-corrected chi connectivity index (χ3v) is 6.18. The molecule has 3 unspecified atom stereocenters. The lowest BCUT2D eigenvalue weighted by atomic mass is 9.89. The van der Waals surface area contributed by atoms with Crippen molar-refractivity contribution in [1.82, 2.24) is 25.0 Å². The van der Waals surface area contributed by atoms with Gasteiger partial charge in [-0.05, 0) is 37.5 Å². The lowest BCUT2D eigenvalue weighted by Crippen LogP contribution is -2.46. The molecule has 1 aromatic carbocycles. The van der Waals surface area contributed by atoms with Gasteiger partial charge in [-0.3, -0.25) is 4.98 Å². The van der Waals surface area contributed by atoms with Crippen LogP contribution in [0.15, 0.2) is 61.2 Å². The third-order valence-electron chi connectivity index (χ3n) is 6.18. The second-order valence-electron chi connectivity index (χ2n) is 8.23. The van der Waals surface area contributed by atoms with E-state index in [-0.39, 0.29) is 17.9 Å². The van der Waals surface area contributed by atoms with Gasteiger partial charge in [-0.1, -0.05) is 12.1 Å². The van der Waals surface area contributed by atoms with E-state index >= 15 is 0 Å². The molecule has 4 aromatic rings. The van der Waals surface area contributed by atoms with E-state index < -0.39 is 6.17 Å². The Labute approximate surface area is 179 Å². The van der Waals surface area contributed by atoms with Crippen LogP contribution in [0, 0.1) is 5.82 Å². The smallest absolute Gasteiger partial charge is 0.141 e. The van der Waals surface area contributed by atoms with Crippen molar-refractivity contribution in [2.24, 2.45) is 0 Å². The van der Waals surface area contributed by atoms with Gasteiger partial charge in [0.2, 0.25) is 0 Å². The molecule has 0 spiro atoms. The van der Waals surface area contributed by atoms with Crippen molar-refractivity contribution in [3.8, 4) is 0 Å². The topological polar surface area (TPSA) is 54.2 Å². The van der Waals surface area contributed by atoms with E-state index in [0.29, 0.717) is 37.0 Å². The van der Waals surface area contributed by atoms with E-state index in [1.807, 2.05) is 41.1 Å². The summed E-state index contributed by atoms with van der Waals surface area (Å²) in [7, 11) is 0. The largest absolute Gasteiger partial charge is 0.310 e. The molecular formula is C24H25F2N5. The Morgan fingerprint density at radius 1 is 0.968 bits per heavy atom. The number of imidazole rings is 1. The van der Waals surface area contributed by atoms with Gasteiger partial charge in [0.1, 0.15) is 17.6 Å². The van der Waals surface area contributed by atoms with Crippen molar-refractivity contribution in [1.29, 1.82) is 0 Å². The number of hydrogen-bond acceptors (Lipinski definition) is 4. The lowest BCUT2D eigenvalue weighted by Gasteiger charge is -2.33. The Morgan fingerprint density at radius 3 is 2.77 bits per heavy atom. The maximum atomic E-state index is 14.9. The first-order valence-corrected chi connectivity index (χ1v) is 10.7. The average molecular weight is 421 g/mol. The average Bonchev–Trinajstić information content (AvgIpc) is 3.26. The molecule has 160 valence electrons. The number of rotatable bonds is 6. The summed E-state index contributed by atoms with van der Waals surface area (Å²) in [6.07, 6.45) is 8.37. The number of hydrogen-bond donors (Lipinski definition) is 2. The van der Waals surface area contributed by atoms with Crippen molar-refractivity contribution in [3.05, 3.63) is 78.1 Å². The Kier molecular flexibility index (Phi) is 5.61. The van der Waals surface area contributed by atoms with E-state index in [2.05, 4.69) is 20.6 Å². The molecule has 3 aromatic heterocycles. The summed E-state index contributed by atoms with van der Waals surface area (Å²) >= 11 is 0. The van der Waals surface area contributed by atoms with Gasteiger partial charge in [0.15, 0.2) is 0 Å². The molecule has 0 aliphatic heterocycles. The molecule has 2 N–H and O–H groups in total. The van der Waals surface area contributed by atoms with Crippen molar-refractivity contribution in [3.63, 3.8) is 0 Å². The predicted molar refractivity (Wildman–Crippen MR) is 117 cm³/mol. The normalized spacial score (nSPS) is 21.7. The highest BCUT2D eigenvalue weighted by Crippen LogP contribution is 2.24. The van der Waals surface area contributed by atoms with Crippen molar-refractivity contribution in [2.75, 3.05) is 0 Å². The third kappa shape index (κ3) is 4.29. The minimum absolute atomic E-state index is 0.117. The fraction of sp³-hybridized carbons (Fsp3) is 0.333. The highest BCUT2D eigenvalue weighted by molar-refractivity contribution is 5.79. The molecule has 1 aliphatic carbocycles. The molecule has 1 fully saturated rings. The maximum Gasteiger partial charge on any atom is 0.141 e. The standard InChI is InChI=1S/C24H25F2N5/c25-20-13-23-16(3-1-7-27-23)11-18(20)15-30-22-6-5-19(12-21(22)26)29-14-17-4-2-9-31-10-8-28-24(17)31/h1-4,7-11,13,19,21-22,29-30H,5-6,12,14-15H2. The van der Waals surface area contributed by atoms with Crippen LogP contribution in [0.25, 0.3) is 16.6 Å². The van der Waals surface area contributed by atoms with Gasteiger partial charge in [0.25, 0.3) is 0 Å². The number of halogens is 2. The molecule has 0 radical (unpaired) electrons. The number of nitrogens with zero attached hydrogens (tertiary/aromatic N) is 3. The molecule has 0 amide bonds. The number of aromatic nitrogens is 3. The summed E-state index contributed by atoms with van der Waals surface area (Å²) in [5, 5.41) is 7.60. The van der Waals surface area contributed by atoms with Gasteiger partial charge < -0.3 is 15.0 Å². The van der Waals surface area contributed by atoms with Crippen molar-refractivity contribution >= 4 is 16.6 Å². The second-order valence-corrected chi connectivity index (χ2v) is 8.23. The molecule has 1 saturated carbocycles. The summed E-state index contributed by atoms with van der Waals surface area (Å²) in [4.78, 5) is 8.57.